The fourth-order valence-corrected chi connectivity index (χ4v) is 2.47. The monoisotopic (exact) mass is 250 g/mol. The van der Waals surface area contributed by atoms with E-state index in [-0.39, 0.29) is 16.7 Å². The number of benzene rings is 1. The highest BCUT2D eigenvalue weighted by molar-refractivity contribution is 5.53. The smallest absolute Gasteiger partial charge is 0.272 e. The van der Waals surface area contributed by atoms with Crippen molar-refractivity contribution in [2.24, 2.45) is 5.92 Å². The van der Waals surface area contributed by atoms with Gasteiger partial charge in [-0.15, -0.1) is 0 Å². The average molecular weight is 250 g/mol. The molecule has 2 N–H and O–H groups in total. The summed E-state index contributed by atoms with van der Waals surface area (Å²) in [6.07, 6.45) is 2.61. The zero-order chi connectivity index (χ0) is 13.1. The molecule has 1 saturated carbocycles. The van der Waals surface area contributed by atoms with E-state index in [4.69, 9.17) is 0 Å². The normalized spacial score (nSPS) is 23.0. The van der Waals surface area contributed by atoms with E-state index in [2.05, 4.69) is 5.32 Å². The summed E-state index contributed by atoms with van der Waals surface area (Å²) in [5.74, 6) is 0.496. The quantitative estimate of drug-likeness (QED) is 0.636. The van der Waals surface area contributed by atoms with Gasteiger partial charge in [0.15, 0.2) is 0 Å². The van der Waals surface area contributed by atoms with E-state index in [1.165, 1.54) is 6.07 Å². The van der Waals surface area contributed by atoms with Gasteiger partial charge in [-0.3, -0.25) is 10.1 Å². The van der Waals surface area contributed by atoms with Crippen LogP contribution in [0.3, 0.4) is 0 Å². The lowest BCUT2D eigenvalue weighted by Gasteiger charge is -2.12. The van der Waals surface area contributed by atoms with E-state index in [0.717, 1.165) is 31.5 Å². The average Bonchev–Trinajstić information content (AvgIpc) is 2.72. The summed E-state index contributed by atoms with van der Waals surface area (Å²) in [6, 6.07) is 5.06. The Morgan fingerprint density at radius 3 is 2.83 bits per heavy atom. The molecule has 0 bridgehead atoms. The van der Waals surface area contributed by atoms with Gasteiger partial charge in [-0.1, -0.05) is 0 Å². The van der Waals surface area contributed by atoms with Crippen molar-refractivity contribution in [3.63, 3.8) is 0 Å². The topological polar surface area (TPSA) is 75.4 Å². The van der Waals surface area contributed by atoms with Crippen molar-refractivity contribution in [2.45, 2.75) is 32.3 Å². The molecular weight excluding hydrogens is 232 g/mol. The Kier molecular flexibility index (Phi) is 3.81. The second-order valence-electron chi connectivity index (χ2n) is 4.97. The lowest BCUT2D eigenvalue weighted by atomic mass is 10.1. The van der Waals surface area contributed by atoms with Crippen LogP contribution in [0.2, 0.25) is 0 Å². The summed E-state index contributed by atoms with van der Waals surface area (Å²) in [6.45, 7) is 2.55. The van der Waals surface area contributed by atoms with Crippen LogP contribution in [-0.4, -0.2) is 22.7 Å². The van der Waals surface area contributed by atoms with E-state index in [1.54, 1.807) is 19.1 Å². The Balaban J connectivity index is 1.94. The van der Waals surface area contributed by atoms with Crippen molar-refractivity contribution in [1.82, 2.24) is 0 Å². The van der Waals surface area contributed by atoms with Crippen molar-refractivity contribution in [3.05, 3.63) is 33.9 Å². The van der Waals surface area contributed by atoms with Gasteiger partial charge in [-0.25, -0.2) is 0 Å². The molecule has 1 aliphatic carbocycles. The Morgan fingerprint density at radius 1 is 1.50 bits per heavy atom. The second-order valence-corrected chi connectivity index (χ2v) is 4.97. The highest BCUT2D eigenvalue weighted by Crippen LogP contribution is 2.26. The van der Waals surface area contributed by atoms with Crippen LogP contribution in [0, 0.1) is 23.0 Å². The van der Waals surface area contributed by atoms with E-state index >= 15 is 0 Å². The molecule has 0 radical (unpaired) electrons. The number of hydrogen-bond acceptors (Lipinski definition) is 4. The minimum atomic E-state index is -0.369. The van der Waals surface area contributed by atoms with E-state index in [9.17, 15) is 15.2 Å². The molecule has 0 aromatic heterocycles. The van der Waals surface area contributed by atoms with Crippen molar-refractivity contribution in [2.75, 3.05) is 11.9 Å². The number of nitrogens with one attached hydrogen (secondary N) is 1. The van der Waals surface area contributed by atoms with Gasteiger partial charge in [0.1, 0.15) is 0 Å². The fourth-order valence-electron chi connectivity index (χ4n) is 2.47. The maximum absolute atomic E-state index is 10.7. The van der Waals surface area contributed by atoms with Gasteiger partial charge >= 0.3 is 0 Å². The van der Waals surface area contributed by atoms with Crippen molar-refractivity contribution >= 4 is 11.4 Å². The summed E-state index contributed by atoms with van der Waals surface area (Å²) >= 11 is 0. The summed E-state index contributed by atoms with van der Waals surface area (Å²) < 4.78 is 0. The van der Waals surface area contributed by atoms with Crippen LogP contribution in [0.15, 0.2) is 18.2 Å². The van der Waals surface area contributed by atoms with Gasteiger partial charge in [0.2, 0.25) is 0 Å². The summed E-state index contributed by atoms with van der Waals surface area (Å²) in [7, 11) is 0. The number of rotatable bonds is 4. The van der Waals surface area contributed by atoms with E-state index in [1.807, 2.05) is 0 Å². The Morgan fingerprint density at radius 2 is 2.28 bits per heavy atom. The molecule has 2 atom stereocenters. The van der Waals surface area contributed by atoms with Crippen LogP contribution >= 0.6 is 0 Å². The van der Waals surface area contributed by atoms with Crippen LogP contribution < -0.4 is 5.32 Å². The molecule has 5 heteroatoms. The molecule has 0 amide bonds. The molecule has 0 spiro atoms. The standard InChI is InChI=1S/C13H18N2O3/c1-9-6-11(3-5-13(9)15(17)18)14-8-10-2-4-12(16)7-10/h3,5-6,10,12,14,16H,2,4,7-8H2,1H3. The summed E-state index contributed by atoms with van der Waals surface area (Å²) in [5.41, 5.74) is 1.72. The van der Waals surface area contributed by atoms with Crippen LogP contribution in [0.5, 0.6) is 0 Å². The first-order valence-electron chi connectivity index (χ1n) is 6.23. The predicted molar refractivity (Wildman–Crippen MR) is 69.7 cm³/mol. The van der Waals surface area contributed by atoms with Gasteiger partial charge in [0, 0.05) is 23.9 Å². The second kappa shape index (κ2) is 5.35. The number of nitro groups is 1. The van der Waals surface area contributed by atoms with Gasteiger partial charge in [0.05, 0.1) is 11.0 Å². The first-order valence-corrected chi connectivity index (χ1v) is 6.23. The van der Waals surface area contributed by atoms with Crippen molar-refractivity contribution in [1.29, 1.82) is 0 Å². The molecule has 1 aromatic rings. The van der Waals surface area contributed by atoms with Gasteiger partial charge in [-0.05, 0) is 44.2 Å². The molecule has 2 rings (SSSR count). The minimum Gasteiger partial charge on any atom is -0.393 e. The third-order valence-corrected chi connectivity index (χ3v) is 3.50. The molecule has 5 nitrogen and oxygen atoms in total. The maximum Gasteiger partial charge on any atom is 0.272 e. The highest BCUT2D eigenvalue weighted by Gasteiger charge is 2.22. The largest absolute Gasteiger partial charge is 0.393 e. The number of aryl methyl sites for hydroxylation is 1. The fraction of sp³-hybridized carbons (Fsp3) is 0.538. The van der Waals surface area contributed by atoms with Crippen LogP contribution in [0.25, 0.3) is 0 Å². The number of aliphatic hydroxyl groups excluding tert-OH is 1. The van der Waals surface area contributed by atoms with Crippen LogP contribution in [-0.2, 0) is 0 Å². The van der Waals surface area contributed by atoms with E-state index < -0.39 is 0 Å². The molecule has 1 aliphatic rings. The SMILES string of the molecule is Cc1cc(NCC2CCC(O)C2)ccc1[N+](=O)[O-]. The minimum absolute atomic E-state index is 0.150. The number of hydrogen-bond donors (Lipinski definition) is 2. The van der Waals surface area contributed by atoms with Gasteiger partial charge in [0.25, 0.3) is 5.69 Å². The predicted octanol–water partition coefficient (Wildman–Crippen LogP) is 2.48. The van der Waals surface area contributed by atoms with Crippen LogP contribution in [0.4, 0.5) is 11.4 Å². The number of nitro benzene ring substituents is 1. The highest BCUT2D eigenvalue weighted by atomic mass is 16.6. The Labute approximate surface area is 106 Å². The molecular formula is C13H18N2O3. The first kappa shape index (κ1) is 12.8. The van der Waals surface area contributed by atoms with Crippen molar-refractivity contribution < 1.29 is 10.0 Å². The summed E-state index contributed by atoms with van der Waals surface area (Å²) in [4.78, 5) is 10.3. The zero-order valence-electron chi connectivity index (χ0n) is 10.4. The number of aliphatic hydroxyl groups is 1. The lowest BCUT2D eigenvalue weighted by Crippen LogP contribution is -2.12. The van der Waals surface area contributed by atoms with Gasteiger partial charge < -0.3 is 10.4 Å². The van der Waals surface area contributed by atoms with Crippen molar-refractivity contribution in [3.8, 4) is 0 Å². The molecule has 98 valence electrons. The molecule has 1 fully saturated rings. The van der Waals surface area contributed by atoms with E-state index in [0.29, 0.717) is 11.5 Å². The van der Waals surface area contributed by atoms with Gasteiger partial charge in [-0.2, -0.15) is 0 Å². The molecule has 2 unspecified atom stereocenters. The molecule has 0 aliphatic heterocycles. The first-order chi connectivity index (χ1) is 8.56. The number of nitrogens with zero attached hydrogens (tertiary/aromatic N) is 1. The molecule has 1 aromatic carbocycles. The zero-order valence-corrected chi connectivity index (χ0v) is 10.4. The Bertz CT molecular complexity index is 448. The van der Waals surface area contributed by atoms with Crippen LogP contribution in [0.1, 0.15) is 24.8 Å². The maximum atomic E-state index is 10.7. The third kappa shape index (κ3) is 2.98. The molecule has 18 heavy (non-hydrogen) atoms. The Hall–Kier alpha value is -1.62. The number of anilines is 1. The summed E-state index contributed by atoms with van der Waals surface area (Å²) in [5, 5.41) is 23.4. The molecule has 0 saturated heterocycles. The third-order valence-electron chi connectivity index (χ3n) is 3.50. The molecule has 0 heterocycles. The lowest BCUT2D eigenvalue weighted by molar-refractivity contribution is -0.385.